The van der Waals surface area contributed by atoms with Gasteiger partial charge in [0.05, 0.1) is 4.88 Å². The van der Waals surface area contributed by atoms with Crippen LogP contribution in [0.2, 0.25) is 0 Å². The lowest BCUT2D eigenvalue weighted by Crippen LogP contribution is -2.35. The van der Waals surface area contributed by atoms with Crippen molar-refractivity contribution in [3.05, 3.63) is 45.6 Å². The van der Waals surface area contributed by atoms with Crippen molar-refractivity contribution >= 4 is 28.6 Å². The number of aryl methyl sites for hydroxylation is 1. The van der Waals surface area contributed by atoms with Crippen LogP contribution in [-0.2, 0) is 12.8 Å². The fraction of sp³-hybridized carbons (Fsp3) is 0.312. The van der Waals surface area contributed by atoms with Crippen LogP contribution < -0.4 is 10.6 Å². The molecule has 104 valence electrons. The molecule has 3 rings (SSSR count). The summed E-state index contributed by atoms with van der Waals surface area (Å²) in [5.74, 6) is 0.0984. The van der Waals surface area contributed by atoms with Crippen LogP contribution in [0.3, 0.4) is 0 Å². The smallest absolute Gasteiger partial charge is 0.268 e. The second-order valence-electron chi connectivity index (χ2n) is 5.02. The lowest BCUT2D eigenvalue weighted by molar-refractivity contribution is 0.0989. The maximum atomic E-state index is 12.7. The number of nitrogens with zero attached hydrogens (tertiary/aromatic N) is 1. The van der Waals surface area contributed by atoms with Gasteiger partial charge >= 0.3 is 0 Å². The van der Waals surface area contributed by atoms with E-state index in [1.54, 1.807) is 11.3 Å². The molecule has 2 N–H and O–H groups in total. The monoisotopic (exact) mass is 286 g/mol. The first-order chi connectivity index (χ1) is 9.70. The van der Waals surface area contributed by atoms with Crippen LogP contribution in [0.15, 0.2) is 30.3 Å². The van der Waals surface area contributed by atoms with E-state index < -0.39 is 0 Å². The lowest BCUT2D eigenvalue weighted by atomic mass is 10.00. The minimum absolute atomic E-state index is 0.0984. The largest absolute Gasteiger partial charge is 0.398 e. The van der Waals surface area contributed by atoms with Crippen molar-refractivity contribution in [1.29, 1.82) is 0 Å². The summed E-state index contributed by atoms with van der Waals surface area (Å²) in [7, 11) is 0. The Balaban J connectivity index is 1.96. The predicted octanol–water partition coefficient (Wildman–Crippen LogP) is 3.49. The summed E-state index contributed by atoms with van der Waals surface area (Å²) < 4.78 is 0. The molecule has 1 aromatic carbocycles. The molecule has 4 heteroatoms. The number of thiophene rings is 1. The molecule has 0 aliphatic carbocycles. The molecule has 1 aliphatic rings. The summed E-state index contributed by atoms with van der Waals surface area (Å²) >= 11 is 1.59. The molecule has 0 saturated heterocycles. The summed E-state index contributed by atoms with van der Waals surface area (Å²) in [5.41, 5.74) is 8.91. The lowest BCUT2D eigenvalue weighted by Gasteiger charge is -2.30. The number of amides is 1. The van der Waals surface area contributed by atoms with Gasteiger partial charge in [0.25, 0.3) is 5.91 Å². The van der Waals surface area contributed by atoms with Crippen molar-refractivity contribution in [3.8, 4) is 0 Å². The van der Waals surface area contributed by atoms with Gasteiger partial charge in [-0.05, 0) is 49.1 Å². The minimum atomic E-state index is 0.0984. The summed E-state index contributed by atoms with van der Waals surface area (Å²) in [6.07, 6.45) is 2.90. The topological polar surface area (TPSA) is 46.3 Å². The highest BCUT2D eigenvalue weighted by Gasteiger charge is 2.25. The molecule has 0 bridgehead atoms. The van der Waals surface area contributed by atoms with Crippen LogP contribution >= 0.6 is 11.3 Å². The number of nitrogens with two attached hydrogens (primary N) is 1. The average Bonchev–Trinajstić information content (AvgIpc) is 2.95. The zero-order valence-corrected chi connectivity index (χ0v) is 12.4. The van der Waals surface area contributed by atoms with Gasteiger partial charge in [-0.15, -0.1) is 11.3 Å². The molecule has 0 radical (unpaired) electrons. The molecule has 0 saturated carbocycles. The Morgan fingerprint density at radius 1 is 1.35 bits per heavy atom. The first kappa shape index (κ1) is 13.2. The summed E-state index contributed by atoms with van der Waals surface area (Å²) in [6, 6.07) is 9.81. The van der Waals surface area contributed by atoms with Crippen molar-refractivity contribution in [2.24, 2.45) is 0 Å². The number of carbonyl (C=O) groups excluding carboxylic acids is 1. The third kappa shape index (κ3) is 2.20. The Kier molecular flexibility index (Phi) is 3.49. The molecule has 2 aromatic rings. The number of nitrogen functional groups attached to an aromatic ring is 1. The molecule has 1 amide bonds. The van der Waals surface area contributed by atoms with Gasteiger partial charge in [-0.3, -0.25) is 4.79 Å². The quantitative estimate of drug-likeness (QED) is 0.859. The Morgan fingerprint density at radius 3 is 2.95 bits per heavy atom. The molecular formula is C16H18N2OS. The maximum Gasteiger partial charge on any atom is 0.268 e. The van der Waals surface area contributed by atoms with E-state index in [4.69, 9.17) is 5.73 Å². The number of hydrogen-bond donors (Lipinski definition) is 1. The van der Waals surface area contributed by atoms with Gasteiger partial charge < -0.3 is 10.6 Å². The zero-order chi connectivity index (χ0) is 14.1. The van der Waals surface area contributed by atoms with Crippen molar-refractivity contribution in [2.75, 3.05) is 17.2 Å². The van der Waals surface area contributed by atoms with Crippen molar-refractivity contribution in [1.82, 2.24) is 0 Å². The van der Waals surface area contributed by atoms with Crippen LogP contribution in [0.5, 0.6) is 0 Å². The van der Waals surface area contributed by atoms with Crippen LogP contribution in [-0.4, -0.2) is 12.5 Å². The second kappa shape index (κ2) is 5.29. The number of anilines is 2. The number of hydrogen-bond acceptors (Lipinski definition) is 3. The highest BCUT2D eigenvalue weighted by molar-refractivity contribution is 7.14. The fourth-order valence-electron chi connectivity index (χ4n) is 2.68. The van der Waals surface area contributed by atoms with Crippen molar-refractivity contribution in [3.63, 3.8) is 0 Å². The fourth-order valence-corrected chi connectivity index (χ4v) is 3.57. The standard InChI is InChI=1S/C16H18N2OS/c1-2-11-8-9-15(20-11)16(19)18-10-4-5-12-13(17)6-3-7-14(12)18/h3,6-9H,2,4-5,10,17H2,1H3. The number of benzene rings is 1. The molecule has 20 heavy (non-hydrogen) atoms. The maximum absolute atomic E-state index is 12.7. The Labute approximate surface area is 123 Å². The van der Waals surface area contributed by atoms with E-state index in [1.807, 2.05) is 35.2 Å². The SMILES string of the molecule is CCc1ccc(C(=O)N2CCCc3c(N)cccc32)s1. The van der Waals surface area contributed by atoms with Gasteiger partial charge in [-0.2, -0.15) is 0 Å². The van der Waals surface area contributed by atoms with Crippen LogP contribution in [0.4, 0.5) is 11.4 Å². The zero-order valence-electron chi connectivity index (χ0n) is 11.6. The van der Waals surface area contributed by atoms with Crippen LogP contribution in [0.25, 0.3) is 0 Å². The minimum Gasteiger partial charge on any atom is -0.398 e. The van der Waals surface area contributed by atoms with Gasteiger partial charge in [0.15, 0.2) is 0 Å². The third-order valence-corrected chi connectivity index (χ3v) is 4.97. The molecular weight excluding hydrogens is 268 g/mol. The van der Waals surface area contributed by atoms with E-state index in [9.17, 15) is 4.79 Å². The Morgan fingerprint density at radius 2 is 2.20 bits per heavy atom. The van der Waals surface area contributed by atoms with Crippen molar-refractivity contribution in [2.45, 2.75) is 26.2 Å². The predicted molar refractivity (Wildman–Crippen MR) is 84.5 cm³/mol. The Hall–Kier alpha value is -1.81. The normalized spacial score (nSPS) is 14.2. The second-order valence-corrected chi connectivity index (χ2v) is 6.19. The highest BCUT2D eigenvalue weighted by Crippen LogP contribution is 2.33. The molecule has 1 aromatic heterocycles. The molecule has 0 atom stereocenters. The van der Waals surface area contributed by atoms with Gasteiger partial charge in [-0.25, -0.2) is 0 Å². The summed E-state index contributed by atoms with van der Waals surface area (Å²) in [4.78, 5) is 16.6. The van der Waals surface area contributed by atoms with E-state index in [2.05, 4.69) is 6.92 Å². The molecule has 0 fully saturated rings. The van der Waals surface area contributed by atoms with Gasteiger partial charge in [0, 0.05) is 22.8 Å². The number of carbonyl (C=O) groups is 1. The molecule has 2 heterocycles. The number of rotatable bonds is 2. The van der Waals surface area contributed by atoms with E-state index in [0.717, 1.165) is 47.6 Å². The highest BCUT2D eigenvalue weighted by atomic mass is 32.1. The molecule has 0 unspecified atom stereocenters. The van der Waals surface area contributed by atoms with E-state index >= 15 is 0 Å². The van der Waals surface area contributed by atoms with E-state index in [-0.39, 0.29) is 5.91 Å². The van der Waals surface area contributed by atoms with E-state index in [0.29, 0.717) is 0 Å². The molecule has 0 spiro atoms. The molecule has 3 nitrogen and oxygen atoms in total. The summed E-state index contributed by atoms with van der Waals surface area (Å²) in [6.45, 7) is 2.88. The Bertz CT molecular complexity index is 648. The molecule has 1 aliphatic heterocycles. The average molecular weight is 286 g/mol. The van der Waals surface area contributed by atoms with E-state index in [1.165, 1.54) is 4.88 Å². The van der Waals surface area contributed by atoms with Crippen LogP contribution in [0.1, 0.15) is 33.5 Å². The first-order valence-corrected chi connectivity index (χ1v) is 7.80. The third-order valence-electron chi connectivity index (χ3n) is 3.75. The first-order valence-electron chi connectivity index (χ1n) is 6.98. The van der Waals surface area contributed by atoms with Gasteiger partial charge in [-0.1, -0.05) is 13.0 Å². The van der Waals surface area contributed by atoms with Crippen LogP contribution in [0, 0.1) is 0 Å². The van der Waals surface area contributed by atoms with Gasteiger partial charge in [0.2, 0.25) is 0 Å². The van der Waals surface area contributed by atoms with Gasteiger partial charge in [0.1, 0.15) is 0 Å². The summed E-state index contributed by atoms with van der Waals surface area (Å²) in [5, 5.41) is 0. The number of fused-ring (bicyclic) bond motifs is 1. The van der Waals surface area contributed by atoms with Crippen molar-refractivity contribution < 1.29 is 4.79 Å².